The Bertz CT molecular complexity index is 1160. The quantitative estimate of drug-likeness (QED) is 0.388. The largest absolute Gasteiger partial charge is 0.493 e. The van der Waals surface area contributed by atoms with Crippen LogP contribution in [0.5, 0.6) is 11.5 Å². The number of carbonyl (C=O) groups excluding carboxylic acids is 2. The van der Waals surface area contributed by atoms with Gasteiger partial charge >= 0.3 is 0 Å². The fraction of sp³-hybridized carbons (Fsp3) is 0.385. The van der Waals surface area contributed by atoms with E-state index in [1.807, 2.05) is 0 Å². The summed E-state index contributed by atoms with van der Waals surface area (Å²) in [5.74, 6) is -0.0899. The Hall–Kier alpha value is -3.17. The standard InChI is InChI=1S/C26H31FN2O5Si/c1-32-23-13-20-21(14-24(23)33-2)29(16-34-10-11-35(3,4)5)26(31)22-12-18(15-28(22)25(20)30)17-6-8-19(27)9-7-17/h6-9,13-15,22H,10-12,16H2,1-5H3/t22-/m0/s1. The van der Waals surface area contributed by atoms with Crippen LogP contribution < -0.4 is 14.4 Å². The number of anilines is 1. The van der Waals surface area contributed by atoms with Gasteiger partial charge in [-0.15, -0.1) is 0 Å². The summed E-state index contributed by atoms with van der Waals surface area (Å²) in [4.78, 5) is 30.5. The van der Waals surface area contributed by atoms with E-state index in [1.165, 1.54) is 36.2 Å². The molecule has 0 saturated heterocycles. The highest BCUT2D eigenvalue weighted by atomic mass is 28.3. The summed E-state index contributed by atoms with van der Waals surface area (Å²) in [7, 11) is 1.69. The van der Waals surface area contributed by atoms with Crippen LogP contribution in [0, 0.1) is 5.82 Å². The average Bonchev–Trinajstić information content (AvgIpc) is 3.25. The van der Waals surface area contributed by atoms with E-state index in [9.17, 15) is 14.0 Å². The van der Waals surface area contributed by atoms with Crippen molar-refractivity contribution in [2.45, 2.75) is 38.1 Å². The molecule has 2 aromatic carbocycles. The summed E-state index contributed by atoms with van der Waals surface area (Å²) in [5.41, 5.74) is 2.31. The summed E-state index contributed by atoms with van der Waals surface area (Å²) in [6, 6.07) is 9.53. The van der Waals surface area contributed by atoms with Crippen molar-refractivity contribution in [3.63, 3.8) is 0 Å². The second-order valence-electron chi connectivity index (χ2n) is 9.93. The molecule has 0 saturated carbocycles. The number of carbonyl (C=O) groups is 2. The summed E-state index contributed by atoms with van der Waals surface area (Å²) in [6.07, 6.45) is 2.01. The summed E-state index contributed by atoms with van der Waals surface area (Å²) < 4.78 is 30.3. The van der Waals surface area contributed by atoms with E-state index >= 15 is 0 Å². The average molecular weight is 499 g/mol. The smallest absolute Gasteiger partial charge is 0.260 e. The predicted molar refractivity (Wildman–Crippen MR) is 135 cm³/mol. The molecule has 2 aliphatic rings. The highest BCUT2D eigenvalue weighted by molar-refractivity contribution is 6.76. The van der Waals surface area contributed by atoms with Gasteiger partial charge in [0.05, 0.1) is 25.5 Å². The molecule has 9 heteroatoms. The number of ether oxygens (including phenoxy) is 3. The molecule has 0 fully saturated rings. The van der Waals surface area contributed by atoms with Crippen molar-refractivity contribution < 1.29 is 28.2 Å². The third-order valence-electron chi connectivity index (χ3n) is 6.28. The lowest BCUT2D eigenvalue weighted by Crippen LogP contribution is -2.45. The van der Waals surface area contributed by atoms with Gasteiger partial charge in [0.25, 0.3) is 11.8 Å². The Balaban J connectivity index is 1.73. The Morgan fingerprint density at radius 3 is 2.31 bits per heavy atom. The van der Waals surface area contributed by atoms with E-state index < -0.39 is 14.1 Å². The topological polar surface area (TPSA) is 68.3 Å². The van der Waals surface area contributed by atoms with Crippen LogP contribution in [0.2, 0.25) is 25.7 Å². The van der Waals surface area contributed by atoms with Crippen LogP contribution in [0.1, 0.15) is 22.3 Å². The minimum atomic E-state index is -1.32. The molecule has 0 radical (unpaired) electrons. The minimum absolute atomic E-state index is 0.0231. The molecule has 0 bridgehead atoms. The van der Waals surface area contributed by atoms with Crippen LogP contribution >= 0.6 is 0 Å². The second-order valence-corrected chi connectivity index (χ2v) is 15.6. The first kappa shape index (κ1) is 24.9. The van der Waals surface area contributed by atoms with Gasteiger partial charge < -0.3 is 19.1 Å². The van der Waals surface area contributed by atoms with Crippen molar-refractivity contribution in [1.29, 1.82) is 0 Å². The molecule has 0 unspecified atom stereocenters. The second kappa shape index (κ2) is 9.83. The number of halogens is 1. The Morgan fingerprint density at radius 1 is 1.03 bits per heavy atom. The van der Waals surface area contributed by atoms with Gasteiger partial charge in [0, 0.05) is 33.4 Å². The Kier molecular flexibility index (Phi) is 7.00. The van der Waals surface area contributed by atoms with Crippen molar-refractivity contribution in [3.8, 4) is 11.5 Å². The number of hydrogen-bond donors (Lipinski definition) is 0. The monoisotopic (exact) mass is 498 g/mol. The van der Waals surface area contributed by atoms with E-state index in [0.29, 0.717) is 35.8 Å². The van der Waals surface area contributed by atoms with E-state index in [-0.39, 0.29) is 24.4 Å². The molecule has 2 heterocycles. The Labute approximate surface area is 206 Å². The zero-order chi connectivity index (χ0) is 25.3. The van der Waals surface area contributed by atoms with Crippen LogP contribution in [-0.4, -0.2) is 58.4 Å². The highest BCUT2D eigenvalue weighted by Gasteiger charge is 2.43. The van der Waals surface area contributed by atoms with Gasteiger partial charge in [0.15, 0.2) is 11.5 Å². The maximum absolute atomic E-state index is 13.8. The van der Waals surface area contributed by atoms with Gasteiger partial charge in [-0.05, 0) is 35.4 Å². The van der Waals surface area contributed by atoms with E-state index in [4.69, 9.17) is 14.2 Å². The fourth-order valence-corrected chi connectivity index (χ4v) is 5.00. The normalized spacial score (nSPS) is 17.7. The van der Waals surface area contributed by atoms with Gasteiger partial charge in [-0.25, -0.2) is 4.39 Å². The molecular weight excluding hydrogens is 467 g/mol. The first-order valence-corrected chi connectivity index (χ1v) is 15.3. The van der Waals surface area contributed by atoms with Gasteiger partial charge in [0.2, 0.25) is 0 Å². The van der Waals surface area contributed by atoms with E-state index in [2.05, 4.69) is 19.6 Å². The van der Waals surface area contributed by atoms with Crippen LogP contribution in [0.25, 0.3) is 5.57 Å². The number of hydrogen-bond acceptors (Lipinski definition) is 5. The molecular formula is C26H31FN2O5Si. The molecule has 1 atom stereocenters. The summed E-state index contributed by atoms with van der Waals surface area (Å²) in [6.45, 7) is 7.34. The maximum atomic E-state index is 13.8. The van der Waals surface area contributed by atoms with Crippen molar-refractivity contribution >= 4 is 31.1 Å². The third-order valence-corrected chi connectivity index (χ3v) is 7.99. The summed E-state index contributed by atoms with van der Waals surface area (Å²) in [5, 5.41) is 0. The first-order valence-electron chi connectivity index (χ1n) is 11.6. The van der Waals surface area contributed by atoms with Crippen LogP contribution in [0.15, 0.2) is 42.6 Å². The molecule has 7 nitrogen and oxygen atoms in total. The van der Waals surface area contributed by atoms with Crippen molar-refractivity contribution in [2.75, 3.05) is 32.5 Å². The number of benzene rings is 2. The number of amides is 2. The molecule has 0 aliphatic carbocycles. The molecule has 2 aliphatic heterocycles. The number of methoxy groups -OCH3 is 2. The lowest BCUT2D eigenvalue weighted by atomic mass is 10.0. The zero-order valence-corrected chi connectivity index (χ0v) is 21.8. The molecule has 0 aromatic heterocycles. The van der Waals surface area contributed by atoms with E-state index in [0.717, 1.165) is 17.2 Å². The van der Waals surface area contributed by atoms with Crippen LogP contribution in [-0.2, 0) is 9.53 Å². The van der Waals surface area contributed by atoms with Crippen LogP contribution in [0.3, 0.4) is 0 Å². The Morgan fingerprint density at radius 2 is 1.69 bits per heavy atom. The first-order chi connectivity index (χ1) is 16.6. The molecule has 186 valence electrons. The van der Waals surface area contributed by atoms with Gasteiger partial charge in [0.1, 0.15) is 18.6 Å². The maximum Gasteiger partial charge on any atom is 0.260 e. The molecule has 2 amide bonds. The van der Waals surface area contributed by atoms with Crippen LogP contribution in [0.4, 0.5) is 10.1 Å². The van der Waals surface area contributed by atoms with Crippen molar-refractivity contribution in [2.24, 2.45) is 0 Å². The predicted octanol–water partition coefficient (Wildman–Crippen LogP) is 4.76. The van der Waals surface area contributed by atoms with E-state index in [1.54, 1.807) is 30.5 Å². The lowest BCUT2D eigenvalue weighted by molar-refractivity contribution is -0.122. The summed E-state index contributed by atoms with van der Waals surface area (Å²) >= 11 is 0. The SMILES string of the molecule is COc1cc2c(cc1OC)N(COCC[Si](C)(C)C)C(=O)[C@@H]1CC(c3ccc(F)cc3)=CN1C2=O. The molecule has 4 rings (SSSR count). The molecule has 35 heavy (non-hydrogen) atoms. The molecule has 2 aromatic rings. The molecule has 0 spiro atoms. The zero-order valence-electron chi connectivity index (χ0n) is 20.8. The fourth-order valence-electron chi connectivity index (χ4n) is 4.25. The lowest BCUT2D eigenvalue weighted by Gasteiger charge is -2.26. The number of nitrogens with zero attached hydrogens (tertiary/aromatic N) is 2. The third kappa shape index (κ3) is 5.11. The minimum Gasteiger partial charge on any atom is -0.493 e. The number of fused-ring (bicyclic) bond motifs is 2. The molecule has 0 N–H and O–H groups in total. The van der Waals surface area contributed by atoms with Gasteiger partial charge in [-0.3, -0.25) is 14.5 Å². The van der Waals surface area contributed by atoms with Gasteiger partial charge in [-0.1, -0.05) is 31.8 Å². The number of rotatable bonds is 8. The highest BCUT2D eigenvalue weighted by Crippen LogP contribution is 2.41. The van der Waals surface area contributed by atoms with Crippen molar-refractivity contribution in [3.05, 3.63) is 59.5 Å². The van der Waals surface area contributed by atoms with Crippen molar-refractivity contribution in [1.82, 2.24) is 4.90 Å². The van der Waals surface area contributed by atoms with Gasteiger partial charge in [-0.2, -0.15) is 0 Å².